The van der Waals surface area contributed by atoms with E-state index >= 15 is 0 Å². The summed E-state index contributed by atoms with van der Waals surface area (Å²) in [5.74, 6) is -4.73. The maximum atomic E-state index is 13.1. The molecular formula is C21H23N6NaO12S2. The predicted octanol–water partition coefficient (Wildman–Crippen LogP) is -3.34. The molecule has 1 aliphatic heterocycles. The first-order chi connectivity index (χ1) is 19.1. The number of nitrogens with one attached hydrogen (secondary N) is 1. The Kier molecular flexibility index (Phi) is 11.1. The average Bonchev–Trinajstić information content (AvgIpc) is 3.33. The van der Waals surface area contributed by atoms with Gasteiger partial charge in [0.05, 0.1) is 12.0 Å². The zero-order chi connectivity index (χ0) is 30.7. The maximum absolute atomic E-state index is 13.1. The van der Waals surface area contributed by atoms with Crippen molar-refractivity contribution in [1.82, 2.24) is 14.6 Å². The van der Waals surface area contributed by atoms with Gasteiger partial charge in [-0.25, -0.2) is 14.6 Å². The quantitative estimate of drug-likeness (QED) is 0.0414. The van der Waals surface area contributed by atoms with Crippen LogP contribution in [0.5, 0.6) is 0 Å². The van der Waals surface area contributed by atoms with Crippen molar-refractivity contribution in [3.63, 3.8) is 0 Å². The van der Waals surface area contributed by atoms with E-state index in [4.69, 9.17) is 15.3 Å². The fourth-order valence-corrected chi connectivity index (χ4v) is 4.64. The van der Waals surface area contributed by atoms with E-state index in [1.54, 1.807) is 0 Å². The molecule has 4 N–H and O–H groups in total. The van der Waals surface area contributed by atoms with Crippen molar-refractivity contribution in [2.75, 3.05) is 12.8 Å². The molecule has 21 heteroatoms. The van der Waals surface area contributed by atoms with Crippen molar-refractivity contribution < 1.29 is 82.4 Å². The molecule has 1 saturated heterocycles. The zero-order valence-electron chi connectivity index (χ0n) is 23.4. The number of hydrogen-bond donors (Lipinski definition) is 3. The Morgan fingerprint density at radius 3 is 2.43 bits per heavy atom. The molecule has 1 fully saturated rings. The van der Waals surface area contributed by atoms with Gasteiger partial charge in [0.15, 0.2) is 16.9 Å². The molecule has 2 heterocycles. The number of rotatable bonds is 11. The minimum Gasteiger partial charge on any atom is -1.00 e. The number of aromatic nitrogens is 1. The fourth-order valence-electron chi connectivity index (χ4n) is 3.26. The van der Waals surface area contributed by atoms with Crippen LogP contribution in [0.4, 0.5) is 10.8 Å². The first-order valence-corrected chi connectivity index (χ1v) is 13.4. The number of nitro benzene ring substituents is 1. The zero-order valence-corrected chi connectivity index (χ0v) is 26.0. The molecule has 1 aliphatic rings. The summed E-state index contributed by atoms with van der Waals surface area (Å²) < 4.78 is 41.7. The van der Waals surface area contributed by atoms with Crippen molar-refractivity contribution >= 4 is 61.9 Å². The molecule has 3 rings (SSSR count). The molecule has 0 bridgehead atoms. The molecule has 0 saturated carbocycles. The van der Waals surface area contributed by atoms with Gasteiger partial charge >= 0.3 is 51.8 Å². The number of nitrogens with two attached hydrogens (primary N) is 1. The van der Waals surface area contributed by atoms with E-state index in [1.165, 1.54) is 43.5 Å². The van der Waals surface area contributed by atoms with E-state index < -0.39 is 62.4 Å². The summed E-state index contributed by atoms with van der Waals surface area (Å²) in [6.07, 6.45) is 0. The number of amides is 2. The van der Waals surface area contributed by atoms with E-state index in [-0.39, 0.29) is 58.4 Å². The van der Waals surface area contributed by atoms with Crippen molar-refractivity contribution in [2.24, 2.45) is 5.16 Å². The van der Waals surface area contributed by atoms with Gasteiger partial charge in [0.2, 0.25) is 5.60 Å². The minimum absolute atomic E-state index is 0. The number of anilines is 1. The monoisotopic (exact) mass is 638 g/mol. The molecule has 2 aromatic rings. The predicted molar refractivity (Wildman–Crippen MR) is 138 cm³/mol. The van der Waals surface area contributed by atoms with Crippen LogP contribution in [0.25, 0.3) is 0 Å². The number of nitrogen functional groups attached to an aromatic ring is 1. The van der Waals surface area contributed by atoms with E-state index in [0.29, 0.717) is 5.56 Å². The number of oxime groups is 1. The number of nitrogens with zero attached hydrogens (tertiary/aromatic N) is 4. The smallest absolute Gasteiger partial charge is 1.00 e. The molecule has 2 atom stereocenters. The van der Waals surface area contributed by atoms with Crippen molar-refractivity contribution in [3.05, 3.63) is 51.0 Å². The Labute approximate surface area is 265 Å². The van der Waals surface area contributed by atoms with Crippen LogP contribution >= 0.6 is 11.3 Å². The summed E-state index contributed by atoms with van der Waals surface area (Å²) in [7, 11) is -4.26. The third kappa shape index (κ3) is 7.77. The number of β-lactam (4-membered cyclic amide) rings is 1. The Bertz CT molecular complexity index is 1530. The van der Waals surface area contributed by atoms with Crippen LogP contribution in [-0.2, 0) is 50.4 Å². The first-order valence-electron chi connectivity index (χ1n) is 11.1. The van der Waals surface area contributed by atoms with Gasteiger partial charge in [-0.1, -0.05) is 5.16 Å². The van der Waals surface area contributed by atoms with Gasteiger partial charge in [-0.2, -0.15) is 12.7 Å². The number of methoxy groups -OCH3 is 1. The molecular weight excluding hydrogens is 615 g/mol. The fraction of sp³-hybridized carbons (Fsp3) is 0.333. The molecule has 2 unspecified atom stereocenters. The van der Waals surface area contributed by atoms with Crippen LogP contribution in [-0.4, -0.2) is 81.4 Å². The van der Waals surface area contributed by atoms with E-state index in [0.717, 1.165) is 18.4 Å². The number of benzene rings is 1. The van der Waals surface area contributed by atoms with Gasteiger partial charge < -0.3 is 26.8 Å². The van der Waals surface area contributed by atoms with Crippen LogP contribution < -0.4 is 40.6 Å². The number of esters is 2. The first kappa shape index (κ1) is 34.5. The summed E-state index contributed by atoms with van der Waals surface area (Å²) in [6.45, 7) is 2.24. The molecule has 18 nitrogen and oxygen atoms in total. The Morgan fingerprint density at radius 1 is 1.31 bits per heavy atom. The topological polar surface area (TPSA) is 260 Å². The summed E-state index contributed by atoms with van der Waals surface area (Å²) in [4.78, 5) is 69.5. The van der Waals surface area contributed by atoms with Crippen molar-refractivity contribution in [3.8, 4) is 0 Å². The molecule has 42 heavy (non-hydrogen) atoms. The van der Waals surface area contributed by atoms with Gasteiger partial charge in [0.25, 0.3) is 17.5 Å². The molecule has 0 spiro atoms. The number of nitro groups is 1. The summed E-state index contributed by atoms with van der Waals surface area (Å²) >= 11 is 0.905. The van der Waals surface area contributed by atoms with Crippen LogP contribution in [0.2, 0.25) is 0 Å². The number of carbonyl (C=O) groups excluding carboxylic acids is 4. The Balaban J connectivity index is 0.00000462. The summed E-state index contributed by atoms with van der Waals surface area (Å²) in [5, 5.41) is 17.9. The van der Waals surface area contributed by atoms with Crippen LogP contribution in [0.3, 0.4) is 0 Å². The van der Waals surface area contributed by atoms with Crippen molar-refractivity contribution in [2.45, 2.75) is 38.1 Å². The molecule has 2 amide bonds. The number of hydrogen-bond acceptors (Lipinski definition) is 15. The van der Waals surface area contributed by atoms with E-state index in [9.17, 15) is 42.3 Å². The molecule has 0 radical (unpaired) electrons. The summed E-state index contributed by atoms with van der Waals surface area (Å²) in [6, 6.07) is 1.54. The Morgan fingerprint density at radius 2 is 1.93 bits per heavy atom. The Hall–Kier alpha value is -3.69. The second-order valence-corrected chi connectivity index (χ2v) is 10.8. The van der Waals surface area contributed by atoms with Gasteiger partial charge in [-0.15, -0.1) is 11.3 Å². The number of ether oxygens (including phenoxy) is 2. The molecule has 1 aromatic heterocycles. The van der Waals surface area contributed by atoms with Crippen LogP contribution in [0.15, 0.2) is 34.8 Å². The minimum atomic E-state index is -5.16. The number of non-ortho nitro benzene ring substituents is 1. The summed E-state index contributed by atoms with van der Waals surface area (Å²) in [5.41, 5.74) is 3.32. The average molecular weight is 639 g/mol. The van der Waals surface area contributed by atoms with Crippen molar-refractivity contribution in [1.29, 1.82) is 0 Å². The third-order valence-corrected chi connectivity index (χ3v) is 6.96. The van der Waals surface area contributed by atoms with Gasteiger partial charge in [0, 0.05) is 17.5 Å². The van der Waals surface area contributed by atoms with Crippen LogP contribution in [0, 0.1) is 10.1 Å². The largest absolute Gasteiger partial charge is 1.00 e. The number of thiazole rings is 1. The van der Waals surface area contributed by atoms with Gasteiger partial charge in [-0.05, 0) is 31.5 Å². The van der Waals surface area contributed by atoms with E-state index in [1.807, 2.05) is 0 Å². The van der Waals surface area contributed by atoms with Gasteiger partial charge in [0.1, 0.15) is 18.3 Å². The molecule has 1 aromatic carbocycles. The standard InChI is InChI=1S/C21H22N6O12S2.Na.H/c1-21(2,19(31)38-8-10-4-6-11(7-5-10)27(32)33)39-25-13(12-9-40-20(22)23-12)16(28)24-14-15(18(30)37-3)26(17(14)29)41(34,35)36;;/h4-7,9,14-15H,8H2,1-3H3,(H2,22,23)(H,24,28)(H,34,35,36);;/q;+1;-1/b25-13-;;. The van der Waals surface area contributed by atoms with Gasteiger partial charge in [-0.3, -0.25) is 24.3 Å². The maximum Gasteiger partial charge on any atom is 1.00 e. The van der Waals surface area contributed by atoms with E-state index in [2.05, 4.69) is 20.2 Å². The second kappa shape index (κ2) is 13.5. The normalized spacial score (nSPS) is 16.9. The molecule has 222 valence electrons. The third-order valence-electron chi connectivity index (χ3n) is 5.38. The van der Waals surface area contributed by atoms with Crippen LogP contribution in [0.1, 0.15) is 26.5 Å². The SMILES string of the molecule is COC(=O)C1C(NC(=O)/C(=N\OC(C)(C)C(=O)OCc2ccc([N+](=O)[O-])cc2)c2csc(N)n2)C(=O)N1S(=O)(=O)O.[H-].[Na+]. The number of carbonyl (C=O) groups is 4. The second-order valence-electron chi connectivity index (χ2n) is 8.64. The molecule has 0 aliphatic carbocycles.